The van der Waals surface area contributed by atoms with E-state index in [1.165, 1.54) is 11.8 Å². The molecule has 170 valence electrons. The predicted octanol–water partition coefficient (Wildman–Crippen LogP) is 4.95. The van der Waals surface area contributed by atoms with Gasteiger partial charge in [0.1, 0.15) is 5.75 Å². The Morgan fingerprint density at radius 2 is 1.85 bits per heavy atom. The van der Waals surface area contributed by atoms with E-state index in [0.29, 0.717) is 39.5 Å². The molecule has 1 N–H and O–H groups in total. The number of thioether (sulfide) groups is 1. The quantitative estimate of drug-likeness (QED) is 0.291. The van der Waals surface area contributed by atoms with E-state index in [9.17, 15) is 9.59 Å². The van der Waals surface area contributed by atoms with Crippen molar-refractivity contribution in [2.75, 3.05) is 17.7 Å². The Morgan fingerprint density at radius 1 is 1.06 bits per heavy atom. The van der Waals surface area contributed by atoms with Gasteiger partial charge in [-0.3, -0.25) is 14.2 Å². The van der Waals surface area contributed by atoms with Crippen LogP contribution in [0, 0.1) is 0 Å². The predicted molar refractivity (Wildman–Crippen MR) is 132 cm³/mol. The average Bonchev–Trinajstić information content (AvgIpc) is 3.25. The summed E-state index contributed by atoms with van der Waals surface area (Å²) in [5, 5.41) is 12.7. The molecule has 4 aromatic rings. The van der Waals surface area contributed by atoms with Crippen molar-refractivity contribution in [3.8, 4) is 17.1 Å². The van der Waals surface area contributed by atoms with Crippen LogP contribution >= 0.6 is 23.4 Å². The minimum absolute atomic E-state index is 0.0268. The van der Waals surface area contributed by atoms with Crippen molar-refractivity contribution in [1.82, 2.24) is 14.8 Å². The number of nitrogens with one attached hydrogen (secondary N) is 1. The summed E-state index contributed by atoms with van der Waals surface area (Å²) in [6.07, 6.45) is 0. The molecule has 0 atom stereocenters. The summed E-state index contributed by atoms with van der Waals surface area (Å²) in [5.41, 5.74) is 2.84. The van der Waals surface area contributed by atoms with Crippen molar-refractivity contribution in [2.24, 2.45) is 0 Å². The van der Waals surface area contributed by atoms with Crippen LogP contribution in [0.4, 0.5) is 5.69 Å². The molecule has 0 saturated carbocycles. The molecule has 0 unspecified atom stereocenters. The molecule has 9 heteroatoms. The number of ketones is 1. The lowest BCUT2D eigenvalue weighted by molar-refractivity contribution is -0.118. The highest BCUT2D eigenvalue weighted by Crippen LogP contribution is 2.32. The first-order valence-electron chi connectivity index (χ1n) is 10.5. The van der Waals surface area contributed by atoms with Gasteiger partial charge in [0.25, 0.3) is 5.91 Å². The first-order chi connectivity index (χ1) is 16.6. The first-order valence-corrected chi connectivity index (χ1v) is 11.9. The normalized spacial score (nSPS) is 12.6. The van der Waals surface area contributed by atoms with Crippen LogP contribution in [0.5, 0.6) is 5.75 Å². The average molecular weight is 491 g/mol. The number of anilines is 1. The Labute approximate surface area is 205 Å². The number of hydrogen-bond donors (Lipinski definition) is 1. The Kier molecular flexibility index (Phi) is 6.33. The smallest absolute Gasteiger partial charge is 0.262 e. The van der Waals surface area contributed by atoms with Crippen molar-refractivity contribution in [3.05, 3.63) is 88.9 Å². The summed E-state index contributed by atoms with van der Waals surface area (Å²) in [6.45, 7) is 0.508. The van der Waals surface area contributed by atoms with Gasteiger partial charge in [-0.05, 0) is 35.9 Å². The minimum atomic E-state index is -0.243. The summed E-state index contributed by atoms with van der Waals surface area (Å²) >= 11 is 7.74. The largest absolute Gasteiger partial charge is 0.482 e. The van der Waals surface area contributed by atoms with Gasteiger partial charge >= 0.3 is 0 Å². The molecule has 0 radical (unpaired) electrons. The second-order valence-corrected chi connectivity index (χ2v) is 8.97. The summed E-state index contributed by atoms with van der Waals surface area (Å²) < 4.78 is 7.33. The zero-order valence-corrected chi connectivity index (χ0v) is 19.5. The lowest BCUT2D eigenvalue weighted by Crippen LogP contribution is -2.25. The third-order valence-corrected chi connectivity index (χ3v) is 6.58. The van der Waals surface area contributed by atoms with Crippen LogP contribution < -0.4 is 10.1 Å². The molecule has 5 rings (SSSR count). The number of halogens is 1. The fourth-order valence-corrected chi connectivity index (χ4v) is 4.67. The third kappa shape index (κ3) is 4.69. The van der Waals surface area contributed by atoms with E-state index in [4.69, 9.17) is 16.3 Å². The SMILES string of the molecule is O=C1COc2ccc(C(=O)CSc3nnc(-c4ccccc4Cl)n3Cc3ccccc3)cc2N1. The van der Waals surface area contributed by atoms with Gasteiger partial charge in [0.15, 0.2) is 23.4 Å². The van der Waals surface area contributed by atoms with Crippen LogP contribution in [0.25, 0.3) is 11.4 Å². The van der Waals surface area contributed by atoms with E-state index in [0.717, 1.165) is 11.1 Å². The van der Waals surface area contributed by atoms with E-state index < -0.39 is 0 Å². The molecule has 34 heavy (non-hydrogen) atoms. The van der Waals surface area contributed by atoms with Gasteiger partial charge in [-0.25, -0.2) is 0 Å². The van der Waals surface area contributed by atoms with Gasteiger partial charge in [-0.15, -0.1) is 10.2 Å². The summed E-state index contributed by atoms with van der Waals surface area (Å²) in [6, 6.07) is 22.5. The molecule has 0 aliphatic carbocycles. The Balaban J connectivity index is 1.40. The van der Waals surface area contributed by atoms with E-state index in [-0.39, 0.29) is 24.1 Å². The van der Waals surface area contributed by atoms with Crippen LogP contribution in [0.1, 0.15) is 15.9 Å². The molecule has 3 aromatic carbocycles. The van der Waals surface area contributed by atoms with Crippen molar-refractivity contribution in [1.29, 1.82) is 0 Å². The summed E-state index contributed by atoms with van der Waals surface area (Å²) in [7, 11) is 0. The van der Waals surface area contributed by atoms with E-state index in [1.807, 2.05) is 59.2 Å². The van der Waals surface area contributed by atoms with Gasteiger partial charge in [0.05, 0.1) is 23.0 Å². The molecule has 2 heterocycles. The number of rotatable bonds is 7. The Bertz CT molecular complexity index is 1370. The molecular weight excluding hydrogens is 472 g/mol. The second-order valence-electron chi connectivity index (χ2n) is 7.62. The zero-order chi connectivity index (χ0) is 23.5. The maximum atomic E-state index is 12.9. The fraction of sp³-hybridized carbons (Fsp3) is 0.120. The van der Waals surface area contributed by atoms with Crippen LogP contribution in [-0.4, -0.2) is 38.8 Å². The van der Waals surface area contributed by atoms with Crippen LogP contribution in [-0.2, 0) is 11.3 Å². The molecule has 0 bridgehead atoms. The zero-order valence-electron chi connectivity index (χ0n) is 17.9. The number of fused-ring (bicyclic) bond motifs is 1. The molecule has 1 amide bonds. The van der Waals surface area contributed by atoms with Gasteiger partial charge in [-0.1, -0.05) is 65.8 Å². The molecule has 0 spiro atoms. The number of ether oxygens (including phenoxy) is 1. The molecular formula is C25H19ClN4O3S. The molecule has 1 aromatic heterocycles. The highest BCUT2D eigenvalue weighted by atomic mass is 35.5. The van der Waals surface area contributed by atoms with Gasteiger partial charge in [0.2, 0.25) is 0 Å². The number of aromatic nitrogens is 3. The van der Waals surface area contributed by atoms with E-state index in [1.54, 1.807) is 18.2 Å². The van der Waals surface area contributed by atoms with Gasteiger partial charge in [0, 0.05) is 11.1 Å². The molecule has 1 aliphatic heterocycles. The van der Waals surface area contributed by atoms with Crippen molar-refractivity contribution >= 4 is 40.7 Å². The first kappa shape index (κ1) is 22.2. The Hall–Kier alpha value is -3.62. The van der Waals surface area contributed by atoms with Crippen LogP contribution in [0.3, 0.4) is 0 Å². The maximum Gasteiger partial charge on any atom is 0.262 e. The molecule has 7 nitrogen and oxygen atoms in total. The number of hydrogen-bond acceptors (Lipinski definition) is 6. The fourth-order valence-electron chi connectivity index (χ4n) is 3.62. The standard InChI is InChI=1S/C25H19ClN4O3S/c26-19-9-5-4-8-18(19)24-28-29-25(30(24)13-16-6-2-1-3-7-16)34-15-21(31)17-10-11-22-20(12-17)27-23(32)14-33-22/h1-12H,13-15H2,(H,27,32). The second kappa shape index (κ2) is 9.70. The number of amides is 1. The van der Waals surface area contributed by atoms with Crippen LogP contribution in [0.15, 0.2) is 78.0 Å². The van der Waals surface area contributed by atoms with Crippen molar-refractivity contribution < 1.29 is 14.3 Å². The number of nitrogens with zero attached hydrogens (tertiary/aromatic N) is 3. The van der Waals surface area contributed by atoms with E-state index in [2.05, 4.69) is 15.5 Å². The van der Waals surface area contributed by atoms with E-state index >= 15 is 0 Å². The monoisotopic (exact) mass is 490 g/mol. The Morgan fingerprint density at radius 3 is 2.68 bits per heavy atom. The third-order valence-electron chi connectivity index (χ3n) is 5.28. The topological polar surface area (TPSA) is 86.1 Å². The van der Waals surface area contributed by atoms with Gasteiger partial charge < -0.3 is 10.1 Å². The van der Waals surface area contributed by atoms with Crippen molar-refractivity contribution in [2.45, 2.75) is 11.7 Å². The summed E-state index contributed by atoms with van der Waals surface area (Å²) in [4.78, 5) is 24.5. The lowest BCUT2D eigenvalue weighted by Gasteiger charge is -2.18. The molecule has 1 aliphatic rings. The summed E-state index contributed by atoms with van der Waals surface area (Å²) in [5.74, 6) is 1.01. The molecule has 0 fully saturated rings. The number of carbonyl (C=O) groups is 2. The highest BCUT2D eigenvalue weighted by Gasteiger charge is 2.20. The lowest BCUT2D eigenvalue weighted by atomic mass is 10.1. The highest BCUT2D eigenvalue weighted by molar-refractivity contribution is 7.99. The number of Topliss-reactive ketones (excluding diaryl/α,β-unsaturated/α-hetero) is 1. The van der Waals surface area contributed by atoms with Crippen molar-refractivity contribution in [3.63, 3.8) is 0 Å². The maximum absolute atomic E-state index is 12.9. The minimum Gasteiger partial charge on any atom is -0.482 e. The number of carbonyl (C=O) groups excluding carboxylic acids is 2. The number of benzene rings is 3. The van der Waals surface area contributed by atoms with Crippen LogP contribution in [0.2, 0.25) is 5.02 Å². The van der Waals surface area contributed by atoms with Gasteiger partial charge in [-0.2, -0.15) is 0 Å². The molecule has 0 saturated heterocycles.